The molecule has 2 nitrogen and oxygen atoms in total. The molecule has 1 aliphatic carbocycles. The highest BCUT2D eigenvalue weighted by Crippen LogP contribution is 2.43. The van der Waals surface area contributed by atoms with Crippen molar-refractivity contribution in [1.82, 2.24) is 0 Å². The molecule has 0 aliphatic heterocycles. The molecule has 0 radical (unpaired) electrons. The van der Waals surface area contributed by atoms with Crippen LogP contribution in [0, 0.1) is 0 Å². The van der Waals surface area contributed by atoms with E-state index in [1.54, 1.807) is 0 Å². The molecule has 1 aromatic rings. The topological polar surface area (TPSA) is 29.3 Å². The SMILES string of the molecule is CN(C)c1cccc(Cl)c1C1(N)CCCC1. The molecule has 0 saturated heterocycles. The quantitative estimate of drug-likeness (QED) is 0.858. The molecule has 0 bridgehead atoms. The molecule has 2 N–H and O–H groups in total. The lowest BCUT2D eigenvalue weighted by molar-refractivity contribution is 0.462. The Morgan fingerprint density at radius 3 is 2.44 bits per heavy atom. The molecule has 3 heteroatoms. The van der Waals surface area contributed by atoms with Crippen LogP contribution >= 0.6 is 11.6 Å². The highest BCUT2D eigenvalue weighted by atomic mass is 35.5. The van der Waals surface area contributed by atoms with E-state index in [1.165, 1.54) is 12.8 Å². The number of hydrogen-bond donors (Lipinski definition) is 1. The largest absolute Gasteiger partial charge is 0.377 e. The van der Waals surface area contributed by atoms with Gasteiger partial charge in [0.2, 0.25) is 0 Å². The number of nitrogens with zero attached hydrogens (tertiary/aromatic N) is 1. The van der Waals surface area contributed by atoms with Gasteiger partial charge in [0, 0.05) is 35.9 Å². The highest BCUT2D eigenvalue weighted by Gasteiger charge is 2.35. The second kappa shape index (κ2) is 4.27. The van der Waals surface area contributed by atoms with Gasteiger partial charge in [0.05, 0.1) is 0 Å². The van der Waals surface area contributed by atoms with E-state index in [0.717, 1.165) is 29.1 Å². The molecular formula is C13H19ClN2. The molecule has 1 saturated carbocycles. The molecule has 88 valence electrons. The van der Waals surface area contributed by atoms with E-state index in [1.807, 2.05) is 26.2 Å². The van der Waals surface area contributed by atoms with E-state index in [9.17, 15) is 0 Å². The van der Waals surface area contributed by atoms with Gasteiger partial charge in [-0.15, -0.1) is 0 Å². The summed E-state index contributed by atoms with van der Waals surface area (Å²) < 4.78 is 0. The van der Waals surface area contributed by atoms with Crippen LogP contribution in [0.3, 0.4) is 0 Å². The van der Waals surface area contributed by atoms with E-state index in [0.29, 0.717) is 0 Å². The number of hydrogen-bond acceptors (Lipinski definition) is 2. The van der Waals surface area contributed by atoms with Crippen molar-refractivity contribution in [3.8, 4) is 0 Å². The Kier molecular flexibility index (Phi) is 3.13. The van der Waals surface area contributed by atoms with E-state index in [4.69, 9.17) is 17.3 Å². The van der Waals surface area contributed by atoms with Crippen LogP contribution in [0.2, 0.25) is 5.02 Å². The third kappa shape index (κ3) is 1.92. The zero-order valence-electron chi connectivity index (χ0n) is 9.96. The van der Waals surface area contributed by atoms with Crippen LogP contribution in [0.25, 0.3) is 0 Å². The Morgan fingerprint density at radius 1 is 1.25 bits per heavy atom. The van der Waals surface area contributed by atoms with Crippen LogP contribution in [0.4, 0.5) is 5.69 Å². The van der Waals surface area contributed by atoms with Crippen molar-refractivity contribution in [3.63, 3.8) is 0 Å². The lowest BCUT2D eigenvalue weighted by Crippen LogP contribution is -2.35. The third-order valence-corrected chi connectivity index (χ3v) is 3.78. The molecule has 0 aromatic heterocycles. The molecule has 2 rings (SSSR count). The van der Waals surface area contributed by atoms with Crippen molar-refractivity contribution in [2.75, 3.05) is 19.0 Å². The Bertz CT molecular complexity index is 382. The predicted molar refractivity (Wildman–Crippen MR) is 70.1 cm³/mol. The summed E-state index contributed by atoms with van der Waals surface area (Å²) in [6.07, 6.45) is 4.48. The summed E-state index contributed by atoms with van der Waals surface area (Å²) in [5, 5.41) is 0.801. The molecule has 1 aromatic carbocycles. The van der Waals surface area contributed by atoms with E-state index < -0.39 is 0 Å². The molecule has 16 heavy (non-hydrogen) atoms. The Hall–Kier alpha value is -0.730. The third-order valence-electron chi connectivity index (χ3n) is 3.47. The number of benzene rings is 1. The monoisotopic (exact) mass is 238 g/mol. The summed E-state index contributed by atoms with van der Waals surface area (Å²) in [7, 11) is 4.07. The first-order valence-corrected chi connectivity index (χ1v) is 6.17. The maximum absolute atomic E-state index is 6.51. The molecule has 0 amide bonds. The second-order valence-electron chi connectivity index (χ2n) is 4.89. The van der Waals surface area contributed by atoms with Crippen molar-refractivity contribution in [3.05, 3.63) is 28.8 Å². The van der Waals surface area contributed by atoms with E-state index in [-0.39, 0.29) is 5.54 Å². The number of rotatable bonds is 2. The lowest BCUT2D eigenvalue weighted by Gasteiger charge is -2.30. The number of nitrogens with two attached hydrogens (primary N) is 1. The normalized spacial score (nSPS) is 18.8. The lowest BCUT2D eigenvalue weighted by atomic mass is 9.87. The zero-order valence-corrected chi connectivity index (χ0v) is 10.7. The van der Waals surface area contributed by atoms with Gasteiger partial charge in [0.25, 0.3) is 0 Å². The molecule has 0 spiro atoms. The molecule has 1 aliphatic rings. The van der Waals surface area contributed by atoms with Crippen molar-refractivity contribution >= 4 is 17.3 Å². The second-order valence-corrected chi connectivity index (χ2v) is 5.30. The Labute approximate surface area is 102 Å². The van der Waals surface area contributed by atoms with Gasteiger partial charge in [-0.2, -0.15) is 0 Å². The first kappa shape index (κ1) is 11.7. The fourth-order valence-electron chi connectivity index (χ4n) is 2.63. The highest BCUT2D eigenvalue weighted by molar-refractivity contribution is 6.31. The Balaban J connectivity index is 2.53. The fraction of sp³-hybridized carbons (Fsp3) is 0.538. The Morgan fingerprint density at radius 2 is 1.88 bits per heavy atom. The van der Waals surface area contributed by atoms with Gasteiger partial charge in [0.1, 0.15) is 0 Å². The van der Waals surface area contributed by atoms with Crippen molar-refractivity contribution < 1.29 is 0 Å². The summed E-state index contributed by atoms with van der Waals surface area (Å²) in [6.45, 7) is 0. The minimum atomic E-state index is -0.224. The average molecular weight is 239 g/mol. The summed E-state index contributed by atoms with van der Waals surface area (Å²) in [4.78, 5) is 2.09. The van der Waals surface area contributed by atoms with Crippen LogP contribution in [-0.2, 0) is 5.54 Å². The van der Waals surface area contributed by atoms with Crippen LogP contribution < -0.4 is 10.6 Å². The van der Waals surface area contributed by atoms with E-state index in [2.05, 4.69) is 11.0 Å². The van der Waals surface area contributed by atoms with Gasteiger partial charge in [-0.05, 0) is 25.0 Å². The van der Waals surface area contributed by atoms with Crippen LogP contribution in [0.5, 0.6) is 0 Å². The fourth-order valence-corrected chi connectivity index (χ4v) is 2.99. The van der Waals surface area contributed by atoms with E-state index >= 15 is 0 Å². The zero-order chi connectivity index (χ0) is 11.8. The number of halogens is 1. The summed E-state index contributed by atoms with van der Waals surface area (Å²) in [6, 6.07) is 6.02. The molecular weight excluding hydrogens is 220 g/mol. The maximum atomic E-state index is 6.51. The van der Waals surface area contributed by atoms with Gasteiger partial charge in [-0.25, -0.2) is 0 Å². The van der Waals surface area contributed by atoms with Crippen LogP contribution in [-0.4, -0.2) is 14.1 Å². The standard InChI is InChI=1S/C13H19ClN2/c1-16(2)11-7-5-6-10(14)12(11)13(15)8-3-4-9-13/h5-7H,3-4,8-9,15H2,1-2H3. The van der Waals surface area contributed by atoms with Gasteiger partial charge in [-0.1, -0.05) is 30.5 Å². The predicted octanol–water partition coefficient (Wildman–Crippen LogP) is 3.13. The van der Waals surface area contributed by atoms with Gasteiger partial charge in [-0.3, -0.25) is 0 Å². The van der Waals surface area contributed by atoms with Crippen LogP contribution in [0.15, 0.2) is 18.2 Å². The summed E-state index contributed by atoms with van der Waals surface area (Å²) >= 11 is 6.34. The molecule has 0 atom stereocenters. The van der Waals surface area contributed by atoms with Crippen molar-refractivity contribution in [1.29, 1.82) is 0 Å². The smallest absolute Gasteiger partial charge is 0.0477 e. The van der Waals surface area contributed by atoms with Gasteiger partial charge < -0.3 is 10.6 Å². The van der Waals surface area contributed by atoms with Crippen molar-refractivity contribution in [2.45, 2.75) is 31.2 Å². The van der Waals surface area contributed by atoms with Gasteiger partial charge in [0.15, 0.2) is 0 Å². The average Bonchev–Trinajstić information content (AvgIpc) is 2.65. The van der Waals surface area contributed by atoms with Crippen LogP contribution in [0.1, 0.15) is 31.2 Å². The maximum Gasteiger partial charge on any atom is 0.0477 e. The minimum absolute atomic E-state index is 0.224. The first-order chi connectivity index (χ1) is 7.54. The summed E-state index contributed by atoms with van der Waals surface area (Å²) in [5.41, 5.74) is 8.56. The minimum Gasteiger partial charge on any atom is -0.377 e. The number of anilines is 1. The van der Waals surface area contributed by atoms with Gasteiger partial charge >= 0.3 is 0 Å². The molecule has 0 heterocycles. The van der Waals surface area contributed by atoms with Crippen molar-refractivity contribution in [2.24, 2.45) is 5.73 Å². The molecule has 0 unspecified atom stereocenters. The first-order valence-electron chi connectivity index (χ1n) is 5.80. The molecule has 1 fully saturated rings. The summed E-state index contributed by atoms with van der Waals surface area (Å²) in [5.74, 6) is 0.